The Kier molecular flexibility index (Phi) is 3.55. The van der Waals surface area contributed by atoms with Gasteiger partial charge in [-0.05, 0) is 40.5 Å². The second-order valence-electron chi connectivity index (χ2n) is 5.90. The molecule has 0 atom stereocenters. The molecule has 0 N–H and O–H groups in total. The van der Waals surface area contributed by atoms with Crippen molar-refractivity contribution in [3.63, 3.8) is 0 Å². The molecule has 0 aromatic rings. The maximum Gasteiger partial charge on any atom is 0.492 e. The molecule has 1 heterocycles. The zero-order valence-electron chi connectivity index (χ0n) is 11.0. The smallest absolute Gasteiger partial charge is 0.360 e. The van der Waals surface area contributed by atoms with E-state index in [1.165, 1.54) is 0 Å². The molecular weight excluding hydrogens is 247 g/mol. The molecule has 1 aliphatic rings. The summed E-state index contributed by atoms with van der Waals surface area (Å²) >= 11 is 0. The Morgan fingerprint density at radius 1 is 1.22 bits per heavy atom. The van der Waals surface area contributed by atoms with Gasteiger partial charge < -0.3 is 4.84 Å². The van der Waals surface area contributed by atoms with Gasteiger partial charge in [-0.15, -0.1) is 5.06 Å². The van der Waals surface area contributed by atoms with E-state index >= 15 is 0 Å². The Labute approximate surface area is 105 Å². The maximum atomic E-state index is 12.3. The van der Waals surface area contributed by atoms with Gasteiger partial charge in [-0.1, -0.05) is 12.2 Å². The average Bonchev–Trinajstić information content (AvgIpc) is 2.06. The first-order valence-electron chi connectivity index (χ1n) is 5.62. The molecule has 3 nitrogen and oxygen atoms in total. The van der Waals surface area contributed by atoms with Gasteiger partial charge in [0.25, 0.3) is 0 Å². The summed E-state index contributed by atoms with van der Waals surface area (Å²) in [6, 6.07) is 0. The number of hydrogen-bond acceptors (Lipinski definition) is 3. The highest BCUT2D eigenvalue weighted by Crippen LogP contribution is 2.41. The second kappa shape index (κ2) is 4.26. The van der Waals surface area contributed by atoms with E-state index in [2.05, 4.69) is 11.4 Å². The quantitative estimate of drug-likeness (QED) is 0.682. The van der Waals surface area contributed by atoms with Crippen LogP contribution in [0, 0.1) is 0 Å². The SMILES string of the molecule is C=C1CC(C)(C)N(OC(=O)C(F)(F)F)C(C)(C)C1. The zero-order valence-corrected chi connectivity index (χ0v) is 11.0. The topological polar surface area (TPSA) is 29.5 Å². The molecule has 104 valence electrons. The molecule has 1 saturated heterocycles. The van der Waals surface area contributed by atoms with Crippen molar-refractivity contribution in [1.29, 1.82) is 0 Å². The lowest BCUT2D eigenvalue weighted by Gasteiger charge is -2.50. The molecular formula is C12H18F3NO2. The van der Waals surface area contributed by atoms with Gasteiger partial charge >= 0.3 is 12.1 Å². The molecule has 0 amide bonds. The molecule has 0 aromatic heterocycles. The Morgan fingerprint density at radius 2 is 1.61 bits per heavy atom. The molecule has 0 aromatic carbocycles. The number of halogens is 3. The average molecular weight is 265 g/mol. The van der Waals surface area contributed by atoms with Gasteiger partial charge in [0.2, 0.25) is 0 Å². The minimum absolute atomic E-state index is 0.488. The molecule has 0 unspecified atom stereocenters. The molecule has 0 spiro atoms. The predicted molar refractivity (Wildman–Crippen MR) is 60.5 cm³/mol. The highest BCUT2D eigenvalue weighted by molar-refractivity contribution is 5.75. The number of hydroxylamine groups is 2. The number of piperidine rings is 1. The van der Waals surface area contributed by atoms with Crippen LogP contribution in [-0.4, -0.2) is 28.3 Å². The zero-order chi connectivity index (χ0) is 14.4. The third-order valence-electron chi connectivity index (χ3n) is 2.87. The van der Waals surface area contributed by atoms with Gasteiger partial charge in [-0.3, -0.25) is 0 Å². The van der Waals surface area contributed by atoms with Crippen molar-refractivity contribution in [3.8, 4) is 0 Å². The monoisotopic (exact) mass is 265 g/mol. The normalized spacial score (nSPS) is 23.8. The molecule has 1 rings (SSSR count). The lowest BCUT2D eigenvalue weighted by atomic mass is 9.79. The Hall–Kier alpha value is -1.04. The van der Waals surface area contributed by atoms with Crippen molar-refractivity contribution in [2.45, 2.75) is 57.8 Å². The number of alkyl halides is 3. The summed E-state index contributed by atoms with van der Waals surface area (Å²) in [5, 5.41) is 1.14. The highest BCUT2D eigenvalue weighted by Gasteiger charge is 2.50. The molecule has 18 heavy (non-hydrogen) atoms. The van der Waals surface area contributed by atoms with Crippen molar-refractivity contribution in [1.82, 2.24) is 5.06 Å². The first kappa shape index (κ1) is 15.0. The molecule has 1 fully saturated rings. The van der Waals surface area contributed by atoms with Crippen LogP contribution in [0.1, 0.15) is 40.5 Å². The van der Waals surface area contributed by atoms with Crippen LogP contribution in [0.2, 0.25) is 0 Å². The minimum Gasteiger partial charge on any atom is -0.360 e. The summed E-state index contributed by atoms with van der Waals surface area (Å²) in [5.74, 6) is -2.18. The number of carbonyl (C=O) groups is 1. The van der Waals surface area contributed by atoms with Crippen LogP contribution in [0.5, 0.6) is 0 Å². The van der Waals surface area contributed by atoms with Crippen LogP contribution >= 0.6 is 0 Å². The second-order valence-corrected chi connectivity index (χ2v) is 5.90. The largest absolute Gasteiger partial charge is 0.492 e. The van der Waals surface area contributed by atoms with Gasteiger partial charge in [0.1, 0.15) is 0 Å². The summed E-state index contributed by atoms with van der Waals surface area (Å²) in [5.41, 5.74) is -0.483. The van der Waals surface area contributed by atoms with Crippen molar-refractivity contribution in [3.05, 3.63) is 12.2 Å². The standard InChI is InChI=1S/C12H18F3NO2/c1-8-6-10(2,3)16(11(4,5)7-8)18-9(17)12(13,14)15/h1,6-7H2,2-5H3. The van der Waals surface area contributed by atoms with Crippen LogP contribution < -0.4 is 0 Å². The van der Waals surface area contributed by atoms with Gasteiger partial charge in [-0.2, -0.15) is 13.2 Å². The Morgan fingerprint density at radius 3 is 1.94 bits per heavy atom. The first-order chi connectivity index (χ1) is 7.86. The third-order valence-corrected chi connectivity index (χ3v) is 2.87. The third kappa shape index (κ3) is 3.04. The van der Waals surface area contributed by atoms with Crippen molar-refractivity contribution in [2.75, 3.05) is 0 Å². The molecule has 0 radical (unpaired) electrons. The van der Waals surface area contributed by atoms with E-state index in [1.54, 1.807) is 27.7 Å². The van der Waals surface area contributed by atoms with E-state index in [0.717, 1.165) is 10.6 Å². The van der Waals surface area contributed by atoms with E-state index in [4.69, 9.17) is 0 Å². The number of rotatable bonds is 1. The number of nitrogens with zero attached hydrogens (tertiary/aromatic N) is 1. The van der Waals surface area contributed by atoms with E-state index < -0.39 is 23.2 Å². The van der Waals surface area contributed by atoms with Crippen LogP contribution in [0.3, 0.4) is 0 Å². The Bertz CT molecular complexity index is 352. The predicted octanol–water partition coefficient (Wildman–Crippen LogP) is 3.22. The molecule has 6 heteroatoms. The summed E-state index contributed by atoms with van der Waals surface area (Å²) in [7, 11) is 0. The molecule has 0 saturated carbocycles. The summed E-state index contributed by atoms with van der Waals surface area (Å²) in [6.45, 7) is 10.8. The molecule has 0 aliphatic carbocycles. The lowest BCUT2D eigenvalue weighted by molar-refractivity contribution is -0.286. The highest BCUT2D eigenvalue weighted by atomic mass is 19.4. The molecule has 1 aliphatic heterocycles. The van der Waals surface area contributed by atoms with E-state index in [1.807, 2.05) is 0 Å². The van der Waals surface area contributed by atoms with Crippen molar-refractivity contribution in [2.24, 2.45) is 0 Å². The van der Waals surface area contributed by atoms with Crippen molar-refractivity contribution >= 4 is 5.97 Å². The minimum atomic E-state index is -4.99. The van der Waals surface area contributed by atoms with Gasteiger partial charge in [-0.25, -0.2) is 4.79 Å². The first-order valence-corrected chi connectivity index (χ1v) is 5.62. The maximum absolute atomic E-state index is 12.3. The fourth-order valence-corrected chi connectivity index (χ4v) is 2.63. The fourth-order valence-electron chi connectivity index (χ4n) is 2.63. The van der Waals surface area contributed by atoms with Crippen LogP contribution in [0.4, 0.5) is 13.2 Å². The van der Waals surface area contributed by atoms with E-state index in [0.29, 0.717) is 12.8 Å². The number of carbonyl (C=O) groups excluding carboxylic acids is 1. The van der Waals surface area contributed by atoms with E-state index in [-0.39, 0.29) is 0 Å². The van der Waals surface area contributed by atoms with Crippen molar-refractivity contribution < 1.29 is 22.8 Å². The molecule has 0 bridgehead atoms. The van der Waals surface area contributed by atoms with Gasteiger partial charge in [0, 0.05) is 0 Å². The van der Waals surface area contributed by atoms with Gasteiger partial charge in [0.05, 0.1) is 11.1 Å². The fraction of sp³-hybridized carbons (Fsp3) is 0.750. The van der Waals surface area contributed by atoms with Gasteiger partial charge in [0.15, 0.2) is 0 Å². The summed E-state index contributed by atoms with van der Waals surface area (Å²) < 4.78 is 36.8. The van der Waals surface area contributed by atoms with Crippen LogP contribution in [0.25, 0.3) is 0 Å². The lowest BCUT2D eigenvalue weighted by Crippen LogP contribution is -2.60. The summed E-state index contributed by atoms with van der Waals surface area (Å²) in [4.78, 5) is 15.5. The van der Waals surface area contributed by atoms with Crippen LogP contribution in [-0.2, 0) is 9.63 Å². The Balaban J connectivity index is 2.97. The van der Waals surface area contributed by atoms with E-state index in [9.17, 15) is 18.0 Å². The number of hydrogen-bond donors (Lipinski definition) is 0. The van der Waals surface area contributed by atoms with Crippen LogP contribution in [0.15, 0.2) is 12.2 Å². The summed E-state index contributed by atoms with van der Waals surface area (Å²) in [6.07, 6.45) is -4.01.